The minimum absolute atomic E-state index is 0.246. The van der Waals surface area contributed by atoms with Crippen molar-refractivity contribution in [3.63, 3.8) is 0 Å². The van der Waals surface area contributed by atoms with E-state index in [1.54, 1.807) is 0 Å². The number of hydrogen-bond acceptors (Lipinski definition) is 5. The summed E-state index contributed by atoms with van der Waals surface area (Å²) in [4.78, 5) is 11.1. The van der Waals surface area contributed by atoms with Crippen LogP contribution in [0.5, 0.6) is 0 Å². The number of hydrogen-bond donors (Lipinski definition) is 5. The van der Waals surface area contributed by atoms with E-state index in [0.29, 0.717) is 13.1 Å². The molecule has 0 radical (unpaired) electrons. The predicted molar refractivity (Wildman–Crippen MR) is 74.1 cm³/mol. The van der Waals surface area contributed by atoms with E-state index in [9.17, 15) is 4.79 Å². The fourth-order valence-corrected chi connectivity index (χ4v) is 1.51. The van der Waals surface area contributed by atoms with E-state index >= 15 is 0 Å². The van der Waals surface area contributed by atoms with Crippen molar-refractivity contribution in [3.05, 3.63) is 35.4 Å². The molecule has 0 heterocycles. The van der Waals surface area contributed by atoms with Crippen molar-refractivity contribution in [2.75, 3.05) is 0 Å². The molecule has 0 aliphatic carbocycles. The van der Waals surface area contributed by atoms with E-state index < -0.39 is 11.9 Å². The molecule has 0 bridgehead atoms. The highest BCUT2D eigenvalue weighted by Gasteiger charge is 2.14. The second-order valence-corrected chi connectivity index (χ2v) is 4.24. The summed E-state index contributed by atoms with van der Waals surface area (Å²) >= 11 is 4.96. The Bertz CT molecular complexity index is 420. The van der Waals surface area contributed by atoms with Gasteiger partial charge in [0.15, 0.2) is 0 Å². The molecule has 6 nitrogen and oxygen atoms in total. The van der Waals surface area contributed by atoms with Crippen LogP contribution in [0.2, 0.25) is 0 Å². The predicted octanol–water partition coefficient (Wildman–Crippen LogP) is -1.12. The van der Waals surface area contributed by atoms with Crippen LogP contribution in [-0.4, -0.2) is 16.9 Å². The van der Waals surface area contributed by atoms with Crippen LogP contribution in [0.25, 0.3) is 0 Å². The van der Waals surface area contributed by atoms with Gasteiger partial charge in [0.05, 0.1) is 0 Å². The summed E-state index contributed by atoms with van der Waals surface area (Å²) in [5.41, 5.74) is 15.2. The van der Waals surface area contributed by atoms with Gasteiger partial charge < -0.3 is 16.8 Å². The Morgan fingerprint density at radius 3 is 2.17 bits per heavy atom. The third kappa shape index (κ3) is 4.38. The van der Waals surface area contributed by atoms with Gasteiger partial charge in [0, 0.05) is 13.1 Å². The highest BCUT2D eigenvalue weighted by molar-refractivity contribution is 7.80. The molecule has 0 saturated carbocycles. The maximum Gasteiger partial charge on any atom is 0.241 e. The number of benzene rings is 1. The quantitative estimate of drug-likeness (QED) is 0.253. The highest BCUT2D eigenvalue weighted by atomic mass is 32.1. The van der Waals surface area contributed by atoms with E-state index in [2.05, 4.69) is 10.7 Å². The molecule has 1 unspecified atom stereocenters. The van der Waals surface area contributed by atoms with Crippen LogP contribution in [-0.2, 0) is 17.9 Å². The van der Waals surface area contributed by atoms with Gasteiger partial charge in [-0.15, -0.1) is 0 Å². The van der Waals surface area contributed by atoms with E-state index in [-0.39, 0.29) is 4.99 Å². The molecule has 0 aliphatic heterocycles. The molecule has 0 saturated heterocycles. The third-order valence-electron chi connectivity index (χ3n) is 2.38. The summed E-state index contributed by atoms with van der Waals surface area (Å²) < 4.78 is 0. The van der Waals surface area contributed by atoms with E-state index in [0.717, 1.165) is 11.1 Å². The zero-order valence-corrected chi connectivity index (χ0v) is 10.7. The Labute approximate surface area is 111 Å². The largest absolute Gasteiger partial charge is 0.374 e. The van der Waals surface area contributed by atoms with E-state index in [4.69, 9.17) is 29.5 Å². The zero-order chi connectivity index (χ0) is 13.5. The normalized spacial score (nSPS) is 11.9. The van der Waals surface area contributed by atoms with Gasteiger partial charge in [-0.2, -0.15) is 0 Å². The molecular weight excluding hydrogens is 250 g/mol. The zero-order valence-electron chi connectivity index (χ0n) is 9.85. The topological polar surface area (TPSA) is 119 Å². The van der Waals surface area contributed by atoms with Crippen molar-refractivity contribution in [1.29, 1.82) is 0 Å². The highest BCUT2D eigenvalue weighted by Crippen LogP contribution is 2.04. The van der Waals surface area contributed by atoms with Crippen LogP contribution in [0.15, 0.2) is 24.3 Å². The molecule has 0 aromatic heterocycles. The Hall–Kier alpha value is -1.54. The SMILES string of the molecule is NNCc1ccc(CNC(=S)C(N)C(N)=O)cc1. The first-order chi connectivity index (χ1) is 8.54. The first-order valence-electron chi connectivity index (χ1n) is 5.38. The van der Waals surface area contributed by atoms with Gasteiger partial charge in [0.25, 0.3) is 0 Å². The van der Waals surface area contributed by atoms with E-state index in [1.807, 2.05) is 24.3 Å². The van der Waals surface area contributed by atoms with Gasteiger partial charge in [-0.1, -0.05) is 36.5 Å². The lowest BCUT2D eigenvalue weighted by atomic mass is 10.1. The van der Waals surface area contributed by atoms with Gasteiger partial charge in [-0.05, 0) is 11.1 Å². The van der Waals surface area contributed by atoms with Gasteiger partial charge in [-0.3, -0.25) is 16.1 Å². The number of thiocarbonyl (C=S) groups is 1. The second kappa shape index (κ2) is 7.02. The fraction of sp³-hybridized carbons (Fsp3) is 0.273. The monoisotopic (exact) mass is 267 g/mol. The number of rotatable bonds is 6. The van der Waals surface area contributed by atoms with Crippen LogP contribution in [0.4, 0.5) is 0 Å². The van der Waals surface area contributed by atoms with Crippen molar-refractivity contribution in [1.82, 2.24) is 10.7 Å². The molecule has 0 spiro atoms. The standard InChI is InChI=1S/C11H17N5OS/c12-9(10(13)17)11(18)15-5-7-1-3-8(4-2-7)6-16-14/h1-4,9,16H,5-6,12,14H2,(H2,13,17)(H,15,18). The molecule has 0 aliphatic rings. The second-order valence-electron chi connectivity index (χ2n) is 3.80. The Morgan fingerprint density at radius 1 is 1.22 bits per heavy atom. The summed E-state index contributed by atoms with van der Waals surface area (Å²) in [6, 6.07) is 6.85. The third-order valence-corrected chi connectivity index (χ3v) is 2.78. The molecule has 1 amide bonds. The van der Waals surface area contributed by atoms with Gasteiger partial charge >= 0.3 is 0 Å². The lowest BCUT2D eigenvalue weighted by Gasteiger charge is -2.12. The van der Waals surface area contributed by atoms with E-state index in [1.165, 1.54) is 0 Å². The molecule has 0 fully saturated rings. The Kier molecular flexibility index (Phi) is 5.66. The number of nitrogens with one attached hydrogen (secondary N) is 2. The molecule has 7 heteroatoms. The molecular formula is C11H17N5OS. The fourth-order valence-electron chi connectivity index (χ4n) is 1.32. The van der Waals surface area contributed by atoms with Crippen molar-refractivity contribution >= 4 is 23.1 Å². The lowest BCUT2D eigenvalue weighted by molar-refractivity contribution is -0.117. The number of carbonyl (C=O) groups is 1. The summed E-state index contributed by atoms with van der Waals surface area (Å²) in [5.74, 6) is 4.58. The molecule has 8 N–H and O–H groups in total. The van der Waals surface area contributed by atoms with Crippen LogP contribution in [0.1, 0.15) is 11.1 Å². The average Bonchev–Trinajstić information content (AvgIpc) is 2.37. The smallest absolute Gasteiger partial charge is 0.241 e. The molecule has 98 valence electrons. The number of hydrazine groups is 1. The van der Waals surface area contributed by atoms with Crippen molar-refractivity contribution in [2.24, 2.45) is 17.3 Å². The lowest BCUT2D eigenvalue weighted by Crippen LogP contribution is -2.47. The van der Waals surface area contributed by atoms with Crippen LogP contribution >= 0.6 is 12.2 Å². The maximum atomic E-state index is 10.8. The number of carbonyl (C=O) groups excluding carboxylic acids is 1. The number of nitrogens with two attached hydrogens (primary N) is 3. The Morgan fingerprint density at radius 2 is 1.72 bits per heavy atom. The van der Waals surface area contributed by atoms with Gasteiger partial charge in [0.1, 0.15) is 11.0 Å². The minimum atomic E-state index is -0.944. The van der Waals surface area contributed by atoms with Crippen LogP contribution < -0.4 is 28.1 Å². The molecule has 1 aromatic carbocycles. The van der Waals surface area contributed by atoms with Crippen LogP contribution in [0.3, 0.4) is 0 Å². The minimum Gasteiger partial charge on any atom is -0.374 e. The summed E-state index contributed by atoms with van der Waals surface area (Å²) in [6.07, 6.45) is 0. The Balaban J connectivity index is 2.48. The maximum absolute atomic E-state index is 10.8. The molecule has 18 heavy (non-hydrogen) atoms. The van der Waals surface area contributed by atoms with Crippen molar-refractivity contribution in [3.8, 4) is 0 Å². The molecule has 1 aromatic rings. The number of primary amides is 1. The summed E-state index contributed by atoms with van der Waals surface area (Å²) in [5, 5.41) is 2.90. The van der Waals surface area contributed by atoms with Gasteiger partial charge in [0.2, 0.25) is 5.91 Å². The average molecular weight is 267 g/mol. The summed E-state index contributed by atoms with van der Waals surface area (Å²) in [6.45, 7) is 1.11. The van der Waals surface area contributed by atoms with Crippen LogP contribution in [0, 0.1) is 0 Å². The summed E-state index contributed by atoms with van der Waals surface area (Å²) in [7, 11) is 0. The first kappa shape index (κ1) is 14.5. The molecule has 1 atom stereocenters. The first-order valence-corrected chi connectivity index (χ1v) is 5.79. The number of amides is 1. The van der Waals surface area contributed by atoms with Crippen molar-refractivity contribution in [2.45, 2.75) is 19.1 Å². The molecule has 1 rings (SSSR count). The van der Waals surface area contributed by atoms with Crippen molar-refractivity contribution < 1.29 is 4.79 Å². The van der Waals surface area contributed by atoms with Gasteiger partial charge in [-0.25, -0.2) is 0 Å².